The highest BCUT2D eigenvalue weighted by Crippen LogP contribution is 2.26. The molecule has 0 spiro atoms. The Balaban J connectivity index is 0.000000892. The molecule has 7 nitrogen and oxygen atoms in total. The van der Waals surface area contributed by atoms with Crippen LogP contribution in [0.5, 0.6) is 0 Å². The first kappa shape index (κ1) is 23.1. The number of aliphatic hydroxyl groups excluding tert-OH is 1. The minimum atomic E-state index is -1.83. The van der Waals surface area contributed by atoms with Gasteiger partial charge in [-0.1, -0.05) is 49.7 Å². The number of carboxylic acid groups (broad SMARTS) is 2. The van der Waals surface area contributed by atoms with Gasteiger partial charge in [-0.15, -0.1) is 0 Å². The van der Waals surface area contributed by atoms with Crippen molar-refractivity contribution in [2.45, 2.75) is 39.7 Å². The summed E-state index contributed by atoms with van der Waals surface area (Å²) in [5, 5.41) is 27.7. The van der Waals surface area contributed by atoms with E-state index in [0.29, 0.717) is 6.61 Å². The Labute approximate surface area is 165 Å². The molecule has 0 saturated heterocycles. The van der Waals surface area contributed by atoms with E-state index in [1.54, 1.807) is 18.6 Å². The zero-order valence-electron chi connectivity index (χ0n) is 16.3. The zero-order chi connectivity index (χ0) is 20.8. The van der Waals surface area contributed by atoms with Crippen molar-refractivity contribution >= 4 is 12.4 Å². The SMILES string of the molecule is CCC(C)CCCO/N=C/c1cccc(CO)c1-c1cccnc1.O=C(O)O. The van der Waals surface area contributed by atoms with Gasteiger partial charge in [0.2, 0.25) is 0 Å². The van der Waals surface area contributed by atoms with Crippen LogP contribution in [0.15, 0.2) is 47.9 Å². The smallest absolute Gasteiger partial charge is 0.450 e. The molecule has 1 aromatic heterocycles. The van der Waals surface area contributed by atoms with E-state index in [-0.39, 0.29) is 6.61 Å². The Kier molecular flexibility index (Phi) is 11.0. The summed E-state index contributed by atoms with van der Waals surface area (Å²) in [6.07, 6.45) is 6.78. The van der Waals surface area contributed by atoms with Crippen molar-refractivity contribution in [3.63, 3.8) is 0 Å². The molecule has 28 heavy (non-hydrogen) atoms. The molecule has 1 heterocycles. The summed E-state index contributed by atoms with van der Waals surface area (Å²) < 4.78 is 0. The van der Waals surface area contributed by atoms with E-state index < -0.39 is 6.16 Å². The average Bonchev–Trinajstić information content (AvgIpc) is 2.70. The van der Waals surface area contributed by atoms with Gasteiger partial charge in [0.1, 0.15) is 6.61 Å². The minimum absolute atomic E-state index is 0.0261. The summed E-state index contributed by atoms with van der Waals surface area (Å²) in [5.41, 5.74) is 3.67. The first-order valence-corrected chi connectivity index (χ1v) is 9.19. The Morgan fingerprint density at radius 1 is 1.29 bits per heavy atom. The molecular weight excluding hydrogens is 360 g/mol. The second kappa shape index (κ2) is 13.3. The first-order chi connectivity index (χ1) is 13.5. The van der Waals surface area contributed by atoms with Crippen LogP contribution >= 0.6 is 0 Å². The topological polar surface area (TPSA) is 112 Å². The van der Waals surface area contributed by atoms with E-state index in [4.69, 9.17) is 19.8 Å². The molecule has 1 aromatic carbocycles. The minimum Gasteiger partial charge on any atom is -0.450 e. The zero-order valence-corrected chi connectivity index (χ0v) is 16.3. The molecule has 0 aliphatic heterocycles. The lowest BCUT2D eigenvalue weighted by Gasteiger charge is -2.11. The molecule has 1 unspecified atom stereocenters. The normalized spacial score (nSPS) is 11.5. The Morgan fingerprint density at radius 3 is 2.64 bits per heavy atom. The number of carbonyl (C=O) groups is 1. The number of benzene rings is 1. The maximum absolute atomic E-state index is 9.62. The second-order valence-electron chi connectivity index (χ2n) is 6.29. The highest BCUT2D eigenvalue weighted by molar-refractivity contribution is 5.91. The molecule has 7 heteroatoms. The molecule has 0 saturated carbocycles. The van der Waals surface area contributed by atoms with Gasteiger partial charge in [-0.25, -0.2) is 4.79 Å². The van der Waals surface area contributed by atoms with Gasteiger partial charge < -0.3 is 20.2 Å². The molecule has 2 aromatic rings. The van der Waals surface area contributed by atoms with E-state index in [2.05, 4.69) is 24.0 Å². The standard InChI is InChI=1S/C20H26N2O2.CH2O3/c1-3-16(2)7-6-12-24-22-14-18-8-4-9-19(15-23)20(18)17-10-5-11-21-13-17;2-1(3)4/h4-5,8-11,13-14,16,23H,3,6-7,12,15H2,1-2H3;(H2,2,3,4)/b22-14+;. The van der Waals surface area contributed by atoms with E-state index in [0.717, 1.165) is 41.0 Å². The van der Waals surface area contributed by atoms with Crippen molar-refractivity contribution in [1.82, 2.24) is 4.98 Å². The van der Waals surface area contributed by atoms with Crippen LogP contribution in [0.2, 0.25) is 0 Å². The maximum atomic E-state index is 9.62. The van der Waals surface area contributed by atoms with Gasteiger partial charge in [-0.05, 0) is 36.0 Å². The van der Waals surface area contributed by atoms with Crippen LogP contribution in [0.3, 0.4) is 0 Å². The van der Waals surface area contributed by atoms with Gasteiger partial charge >= 0.3 is 6.16 Å². The van der Waals surface area contributed by atoms with Gasteiger partial charge in [-0.2, -0.15) is 0 Å². The van der Waals surface area contributed by atoms with Crippen LogP contribution in [-0.4, -0.2) is 39.3 Å². The number of aliphatic hydroxyl groups is 1. The molecule has 0 bridgehead atoms. The Bertz CT molecular complexity index is 731. The number of rotatable bonds is 9. The quantitative estimate of drug-likeness (QED) is 0.328. The molecule has 0 fully saturated rings. The van der Waals surface area contributed by atoms with E-state index in [1.165, 1.54) is 6.42 Å². The highest BCUT2D eigenvalue weighted by atomic mass is 16.6. The van der Waals surface area contributed by atoms with E-state index in [9.17, 15) is 5.11 Å². The molecule has 152 valence electrons. The fraction of sp³-hybridized carbons (Fsp3) is 0.381. The molecule has 0 amide bonds. The van der Waals surface area contributed by atoms with Crippen LogP contribution in [0.1, 0.15) is 44.2 Å². The highest BCUT2D eigenvalue weighted by Gasteiger charge is 2.09. The Hall–Kier alpha value is -2.93. The van der Waals surface area contributed by atoms with Crippen LogP contribution in [0.25, 0.3) is 11.1 Å². The van der Waals surface area contributed by atoms with Crippen LogP contribution in [0, 0.1) is 5.92 Å². The molecule has 2 rings (SSSR count). The third kappa shape index (κ3) is 8.64. The largest absolute Gasteiger partial charge is 0.503 e. The van der Waals surface area contributed by atoms with Crippen molar-refractivity contribution in [1.29, 1.82) is 0 Å². The fourth-order valence-electron chi connectivity index (χ4n) is 2.57. The van der Waals surface area contributed by atoms with Gasteiger partial charge in [0.05, 0.1) is 12.8 Å². The van der Waals surface area contributed by atoms with Gasteiger partial charge in [0.15, 0.2) is 0 Å². The van der Waals surface area contributed by atoms with Gasteiger partial charge in [0.25, 0.3) is 0 Å². The number of hydrogen-bond acceptors (Lipinski definition) is 5. The number of nitrogens with zero attached hydrogens (tertiary/aromatic N) is 2. The van der Waals surface area contributed by atoms with Crippen molar-refractivity contribution in [2.24, 2.45) is 11.1 Å². The lowest BCUT2D eigenvalue weighted by molar-refractivity contribution is 0.137. The molecule has 0 aliphatic rings. The summed E-state index contributed by atoms with van der Waals surface area (Å²) in [6.45, 7) is 5.06. The van der Waals surface area contributed by atoms with E-state index >= 15 is 0 Å². The summed E-state index contributed by atoms with van der Waals surface area (Å²) in [6, 6.07) is 9.65. The summed E-state index contributed by atoms with van der Waals surface area (Å²) in [4.78, 5) is 18.1. The molecule has 0 radical (unpaired) electrons. The average molecular weight is 388 g/mol. The molecule has 0 aliphatic carbocycles. The van der Waals surface area contributed by atoms with Gasteiger partial charge in [-0.3, -0.25) is 4.98 Å². The number of aromatic nitrogens is 1. The van der Waals surface area contributed by atoms with E-state index in [1.807, 2.05) is 30.3 Å². The van der Waals surface area contributed by atoms with Crippen LogP contribution in [-0.2, 0) is 11.4 Å². The lowest BCUT2D eigenvalue weighted by atomic mass is 9.96. The predicted molar refractivity (Wildman–Crippen MR) is 108 cm³/mol. The van der Waals surface area contributed by atoms with Crippen LogP contribution < -0.4 is 0 Å². The van der Waals surface area contributed by atoms with Crippen molar-refractivity contribution in [2.75, 3.05) is 6.61 Å². The molecule has 1 atom stereocenters. The Morgan fingerprint density at radius 2 is 2.04 bits per heavy atom. The van der Waals surface area contributed by atoms with Crippen molar-refractivity contribution in [3.8, 4) is 11.1 Å². The van der Waals surface area contributed by atoms with Crippen molar-refractivity contribution in [3.05, 3.63) is 53.9 Å². The summed E-state index contributed by atoms with van der Waals surface area (Å²) in [7, 11) is 0. The number of pyridine rings is 1. The fourth-order valence-corrected chi connectivity index (χ4v) is 2.57. The third-order valence-corrected chi connectivity index (χ3v) is 4.20. The molecular formula is C21H28N2O5. The maximum Gasteiger partial charge on any atom is 0.503 e. The van der Waals surface area contributed by atoms with Crippen LogP contribution in [0.4, 0.5) is 4.79 Å². The second-order valence-corrected chi connectivity index (χ2v) is 6.29. The number of oxime groups is 1. The van der Waals surface area contributed by atoms with Crippen molar-refractivity contribution < 1.29 is 25.0 Å². The molecule has 3 N–H and O–H groups in total. The van der Waals surface area contributed by atoms with Gasteiger partial charge in [0, 0.05) is 23.5 Å². The first-order valence-electron chi connectivity index (χ1n) is 9.19. The summed E-state index contributed by atoms with van der Waals surface area (Å²) in [5.74, 6) is 0.732. The lowest BCUT2D eigenvalue weighted by Crippen LogP contribution is -1.98. The monoisotopic (exact) mass is 388 g/mol. The predicted octanol–water partition coefficient (Wildman–Crippen LogP) is 4.64. The third-order valence-electron chi connectivity index (χ3n) is 4.20. The number of hydrogen-bond donors (Lipinski definition) is 3. The summed E-state index contributed by atoms with van der Waals surface area (Å²) >= 11 is 0.